The number of nitrogens with one attached hydrogen (secondary N) is 1. The van der Waals surface area contributed by atoms with E-state index < -0.39 is 5.54 Å². The maximum atomic E-state index is 12.3. The molecule has 1 amide bonds. The van der Waals surface area contributed by atoms with Crippen LogP contribution in [0.5, 0.6) is 0 Å². The summed E-state index contributed by atoms with van der Waals surface area (Å²) in [7, 11) is 0. The summed E-state index contributed by atoms with van der Waals surface area (Å²) in [5.41, 5.74) is 9.01. The number of ether oxygens (including phenoxy) is 1. The Kier molecular flexibility index (Phi) is 7.00. The molecule has 1 saturated heterocycles. The third kappa shape index (κ3) is 5.05. The maximum Gasteiger partial charge on any atom is 0.240 e. The van der Waals surface area contributed by atoms with Gasteiger partial charge in [-0.25, -0.2) is 0 Å². The largest absolute Gasteiger partial charge is 0.381 e. The van der Waals surface area contributed by atoms with Gasteiger partial charge in [0.1, 0.15) is 0 Å². The van der Waals surface area contributed by atoms with Crippen molar-refractivity contribution in [3.63, 3.8) is 0 Å². The van der Waals surface area contributed by atoms with Gasteiger partial charge < -0.3 is 15.8 Å². The third-order valence-electron chi connectivity index (χ3n) is 4.57. The molecule has 1 aliphatic heterocycles. The molecule has 3 rings (SSSR count). The van der Waals surface area contributed by atoms with Crippen LogP contribution >= 0.6 is 12.4 Å². The lowest BCUT2D eigenvalue weighted by molar-refractivity contribution is -0.129. The molecule has 2 aromatic rings. The van der Waals surface area contributed by atoms with Gasteiger partial charge in [0, 0.05) is 19.8 Å². The second-order valence-corrected chi connectivity index (χ2v) is 6.34. The highest BCUT2D eigenvalue weighted by molar-refractivity contribution is 5.86. The number of amides is 1. The average Bonchev–Trinajstić information content (AvgIpc) is 2.63. The van der Waals surface area contributed by atoms with E-state index in [4.69, 9.17) is 10.5 Å². The van der Waals surface area contributed by atoms with Gasteiger partial charge in [0.25, 0.3) is 0 Å². The van der Waals surface area contributed by atoms with Crippen LogP contribution in [-0.2, 0) is 16.0 Å². The van der Waals surface area contributed by atoms with E-state index in [1.807, 2.05) is 18.2 Å². The Morgan fingerprint density at radius 2 is 1.72 bits per heavy atom. The molecule has 1 aliphatic rings. The van der Waals surface area contributed by atoms with Crippen LogP contribution < -0.4 is 11.1 Å². The molecular formula is C20H25ClN2O2. The van der Waals surface area contributed by atoms with E-state index in [0.717, 1.165) is 6.42 Å². The molecule has 4 nitrogen and oxygen atoms in total. The summed E-state index contributed by atoms with van der Waals surface area (Å²) in [5.74, 6) is -0.0648. The lowest BCUT2D eigenvalue weighted by Gasteiger charge is -2.31. The number of carbonyl (C=O) groups is 1. The summed E-state index contributed by atoms with van der Waals surface area (Å²) in [6, 6.07) is 18.7. The smallest absolute Gasteiger partial charge is 0.240 e. The molecule has 0 radical (unpaired) electrons. The van der Waals surface area contributed by atoms with Gasteiger partial charge in [-0.1, -0.05) is 54.6 Å². The van der Waals surface area contributed by atoms with Crippen LogP contribution in [0.3, 0.4) is 0 Å². The first-order valence-electron chi connectivity index (χ1n) is 8.47. The van der Waals surface area contributed by atoms with Crippen molar-refractivity contribution < 1.29 is 9.53 Å². The molecule has 25 heavy (non-hydrogen) atoms. The highest BCUT2D eigenvalue weighted by Gasteiger charge is 2.35. The first-order valence-corrected chi connectivity index (χ1v) is 8.47. The van der Waals surface area contributed by atoms with Crippen molar-refractivity contribution in [2.75, 3.05) is 19.8 Å². The third-order valence-corrected chi connectivity index (χ3v) is 4.57. The predicted octanol–water partition coefficient (Wildman–Crippen LogP) is 2.94. The molecule has 0 spiro atoms. The summed E-state index contributed by atoms with van der Waals surface area (Å²) in [4.78, 5) is 12.3. The number of nitrogens with two attached hydrogens (primary N) is 1. The van der Waals surface area contributed by atoms with Crippen LogP contribution in [0, 0.1) is 0 Å². The van der Waals surface area contributed by atoms with E-state index in [1.54, 1.807) is 0 Å². The topological polar surface area (TPSA) is 64.4 Å². The van der Waals surface area contributed by atoms with Crippen molar-refractivity contribution >= 4 is 18.3 Å². The van der Waals surface area contributed by atoms with E-state index in [0.29, 0.717) is 32.6 Å². The molecule has 2 aromatic carbocycles. The van der Waals surface area contributed by atoms with E-state index >= 15 is 0 Å². The zero-order valence-electron chi connectivity index (χ0n) is 14.2. The molecule has 1 fully saturated rings. The molecule has 0 atom stereocenters. The molecule has 134 valence electrons. The molecule has 1 heterocycles. The number of benzene rings is 2. The van der Waals surface area contributed by atoms with Gasteiger partial charge >= 0.3 is 0 Å². The van der Waals surface area contributed by atoms with Crippen molar-refractivity contribution in [2.45, 2.75) is 24.8 Å². The minimum atomic E-state index is -0.774. The molecule has 0 aromatic heterocycles. The van der Waals surface area contributed by atoms with E-state index in [1.165, 1.54) is 16.7 Å². The highest BCUT2D eigenvalue weighted by atomic mass is 35.5. The molecule has 3 N–H and O–H groups in total. The van der Waals surface area contributed by atoms with Gasteiger partial charge in [-0.15, -0.1) is 12.4 Å². The fourth-order valence-corrected chi connectivity index (χ4v) is 3.00. The summed E-state index contributed by atoms with van der Waals surface area (Å²) in [6.07, 6.45) is 1.96. The van der Waals surface area contributed by atoms with Crippen LogP contribution in [0.2, 0.25) is 0 Å². The van der Waals surface area contributed by atoms with E-state index in [-0.39, 0.29) is 18.3 Å². The highest BCUT2D eigenvalue weighted by Crippen LogP contribution is 2.20. The number of hydrogen-bond acceptors (Lipinski definition) is 3. The Bertz CT molecular complexity index is 685. The van der Waals surface area contributed by atoms with Crippen LogP contribution in [0.25, 0.3) is 11.1 Å². The van der Waals surface area contributed by atoms with Gasteiger partial charge in [-0.3, -0.25) is 4.79 Å². The van der Waals surface area contributed by atoms with Crippen LogP contribution in [0.1, 0.15) is 18.4 Å². The lowest BCUT2D eigenvalue weighted by atomic mass is 9.90. The molecule has 5 heteroatoms. The normalized spacial score (nSPS) is 15.9. The Hall–Kier alpha value is -1.88. The Morgan fingerprint density at radius 1 is 1.04 bits per heavy atom. The zero-order chi connectivity index (χ0) is 16.8. The monoisotopic (exact) mass is 360 g/mol. The molecule has 0 unspecified atom stereocenters. The van der Waals surface area contributed by atoms with Crippen molar-refractivity contribution in [2.24, 2.45) is 5.73 Å². The number of halogens is 1. The van der Waals surface area contributed by atoms with Crippen LogP contribution in [-0.4, -0.2) is 31.2 Å². The van der Waals surface area contributed by atoms with Crippen molar-refractivity contribution in [3.05, 3.63) is 60.2 Å². The fourth-order valence-electron chi connectivity index (χ4n) is 3.00. The fraction of sp³-hybridized carbons (Fsp3) is 0.350. The average molecular weight is 361 g/mol. The number of carbonyl (C=O) groups excluding carboxylic acids is 1. The number of rotatable bonds is 5. The van der Waals surface area contributed by atoms with E-state index in [9.17, 15) is 4.79 Å². The van der Waals surface area contributed by atoms with Crippen molar-refractivity contribution in [1.29, 1.82) is 0 Å². The summed E-state index contributed by atoms with van der Waals surface area (Å²) < 4.78 is 5.28. The quantitative estimate of drug-likeness (QED) is 0.861. The Labute approximate surface area is 155 Å². The minimum absolute atomic E-state index is 0. The van der Waals surface area contributed by atoms with Gasteiger partial charge in [0.15, 0.2) is 0 Å². The molecular weight excluding hydrogens is 336 g/mol. The van der Waals surface area contributed by atoms with Crippen LogP contribution in [0.15, 0.2) is 54.6 Å². The SMILES string of the molecule is Cl.NC1(C(=O)NCCc2cccc(-c3ccccc3)c2)CCOCC1. The van der Waals surface area contributed by atoms with Gasteiger partial charge in [0.05, 0.1) is 5.54 Å². The summed E-state index contributed by atoms with van der Waals surface area (Å²) in [6.45, 7) is 1.71. The second kappa shape index (κ2) is 8.99. The second-order valence-electron chi connectivity index (χ2n) is 6.34. The van der Waals surface area contributed by atoms with Gasteiger partial charge in [-0.2, -0.15) is 0 Å². The van der Waals surface area contributed by atoms with Gasteiger partial charge in [-0.05, 0) is 36.0 Å². The molecule has 0 saturated carbocycles. The van der Waals surface area contributed by atoms with Crippen molar-refractivity contribution in [1.82, 2.24) is 5.32 Å². The standard InChI is InChI=1S/C20H24N2O2.ClH/c21-20(10-13-24-14-11-20)19(23)22-12-9-16-5-4-8-18(15-16)17-6-2-1-3-7-17;/h1-8,15H,9-14,21H2,(H,22,23);1H. The summed E-state index contributed by atoms with van der Waals surface area (Å²) in [5, 5.41) is 2.98. The first-order chi connectivity index (χ1) is 11.7. The van der Waals surface area contributed by atoms with Crippen LogP contribution in [0.4, 0.5) is 0 Å². The zero-order valence-corrected chi connectivity index (χ0v) is 15.1. The predicted molar refractivity (Wildman–Crippen MR) is 103 cm³/mol. The first kappa shape index (κ1) is 19.4. The Balaban J connectivity index is 0.00000225. The summed E-state index contributed by atoms with van der Waals surface area (Å²) >= 11 is 0. The minimum Gasteiger partial charge on any atom is -0.381 e. The Morgan fingerprint density at radius 3 is 2.44 bits per heavy atom. The van der Waals surface area contributed by atoms with Crippen molar-refractivity contribution in [3.8, 4) is 11.1 Å². The van der Waals surface area contributed by atoms with E-state index in [2.05, 4.69) is 41.7 Å². The lowest BCUT2D eigenvalue weighted by Crippen LogP contribution is -2.57. The number of hydrogen-bond donors (Lipinski definition) is 2. The molecule has 0 aliphatic carbocycles. The maximum absolute atomic E-state index is 12.3. The van der Waals surface area contributed by atoms with Gasteiger partial charge in [0.2, 0.25) is 5.91 Å². The molecule has 0 bridgehead atoms.